The summed E-state index contributed by atoms with van der Waals surface area (Å²) in [5.41, 5.74) is 3.45. The van der Waals surface area contributed by atoms with E-state index in [0.29, 0.717) is 13.2 Å². The fourth-order valence-electron chi connectivity index (χ4n) is 4.38. The molecule has 2 aromatic carbocycles. The Kier molecular flexibility index (Phi) is 5.73. The lowest BCUT2D eigenvalue weighted by atomic mass is 10.1. The SMILES string of the molecule is O=C1c2cc(OCCCN3CCC3)ccc2-c2cc(OCCCN3CCC3)ccc21. The van der Waals surface area contributed by atoms with Gasteiger partial charge < -0.3 is 19.3 Å². The molecule has 0 bridgehead atoms. The fourth-order valence-corrected chi connectivity index (χ4v) is 4.38. The van der Waals surface area contributed by atoms with E-state index in [1.165, 1.54) is 39.0 Å². The van der Waals surface area contributed by atoms with E-state index in [1.54, 1.807) is 0 Å². The van der Waals surface area contributed by atoms with Crippen molar-refractivity contribution in [3.63, 3.8) is 0 Å². The quantitative estimate of drug-likeness (QED) is 0.479. The number of rotatable bonds is 10. The molecule has 2 saturated heterocycles. The molecule has 0 unspecified atom stereocenters. The first-order chi connectivity index (χ1) is 14.8. The Morgan fingerprint density at radius 1 is 0.667 bits per heavy atom. The minimum atomic E-state index is 0.0790. The van der Waals surface area contributed by atoms with Crippen LogP contribution in [0.2, 0.25) is 0 Å². The number of ketones is 1. The first-order valence-corrected chi connectivity index (χ1v) is 11.3. The molecular weight excluding hydrogens is 376 g/mol. The van der Waals surface area contributed by atoms with Crippen molar-refractivity contribution in [2.45, 2.75) is 25.7 Å². The van der Waals surface area contributed by atoms with Crippen molar-refractivity contribution in [3.05, 3.63) is 47.5 Å². The molecule has 0 amide bonds. The van der Waals surface area contributed by atoms with Crippen LogP contribution in [0.4, 0.5) is 0 Å². The number of likely N-dealkylation sites (tertiary alicyclic amines) is 2. The third-order valence-corrected chi connectivity index (χ3v) is 6.43. The molecule has 1 aliphatic carbocycles. The van der Waals surface area contributed by atoms with Crippen molar-refractivity contribution in [3.8, 4) is 22.6 Å². The second-order valence-electron chi connectivity index (χ2n) is 8.54. The lowest BCUT2D eigenvalue weighted by molar-refractivity contribution is 0.104. The maximum atomic E-state index is 12.9. The first kappa shape index (κ1) is 19.6. The maximum absolute atomic E-state index is 12.9. The molecule has 0 spiro atoms. The van der Waals surface area contributed by atoms with E-state index in [-0.39, 0.29) is 5.78 Å². The van der Waals surface area contributed by atoms with Gasteiger partial charge >= 0.3 is 0 Å². The van der Waals surface area contributed by atoms with Crippen LogP contribution in [0.3, 0.4) is 0 Å². The Labute approximate surface area is 178 Å². The van der Waals surface area contributed by atoms with Gasteiger partial charge in [-0.15, -0.1) is 0 Å². The summed E-state index contributed by atoms with van der Waals surface area (Å²) in [7, 11) is 0. The van der Waals surface area contributed by atoms with Crippen molar-refractivity contribution in [2.75, 3.05) is 52.5 Å². The molecule has 3 aliphatic rings. The summed E-state index contributed by atoms with van der Waals surface area (Å²) in [6.07, 6.45) is 4.69. The Balaban J connectivity index is 1.19. The standard InChI is InChI=1S/C25H30N2O3/c28-25-22-8-6-19(29-15-3-13-26-9-1-10-26)17-23(22)21-7-5-20(18-24(21)25)30-16-4-14-27-11-2-12-27/h5-8,17-18H,1-4,9-16H2. The molecule has 0 aromatic heterocycles. The molecule has 0 atom stereocenters. The third kappa shape index (κ3) is 4.09. The highest BCUT2D eigenvalue weighted by atomic mass is 16.5. The Morgan fingerprint density at radius 3 is 1.73 bits per heavy atom. The highest BCUT2D eigenvalue weighted by Crippen LogP contribution is 2.40. The topological polar surface area (TPSA) is 42.0 Å². The highest BCUT2D eigenvalue weighted by molar-refractivity contribution is 6.22. The second kappa shape index (κ2) is 8.78. The molecule has 0 saturated carbocycles. The van der Waals surface area contributed by atoms with Gasteiger partial charge in [-0.1, -0.05) is 0 Å². The number of carbonyl (C=O) groups excluding carboxylic acids is 1. The van der Waals surface area contributed by atoms with Gasteiger partial charge in [-0.05, 0) is 99.4 Å². The Morgan fingerprint density at radius 2 is 1.20 bits per heavy atom. The van der Waals surface area contributed by atoms with Gasteiger partial charge in [0.25, 0.3) is 0 Å². The van der Waals surface area contributed by atoms with E-state index in [9.17, 15) is 4.79 Å². The molecule has 0 N–H and O–H groups in total. The predicted octanol–water partition coefficient (Wildman–Crippen LogP) is 3.85. The van der Waals surface area contributed by atoms with Crippen molar-refractivity contribution in [1.29, 1.82) is 0 Å². The molecule has 2 aromatic rings. The molecule has 5 nitrogen and oxygen atoms in total. The molecule has 30 heavy (non-hydrogen) atoms. The summed E-state index contributed by atoms with van der Waals surface area (Å²) in [4.78, 5) is 17.8. The summed E-state index contributed by atoms with van der Waals surface area (Å²) >= 11 is 0. The summed E-state index contributed by atoms with van der Waals surface area (Å²) < 4.78 is 11.9. The summed E-state index contributed by atoms with van der Waals surface area (Å²) in [5.74, 6) is 1.70. The maximum Gasteiger partial charge on any atom is 0.194 e. The number of carbonyl (C=O) groups is 1. The van der Waals surface area contributed by atoms with Gasteiger partial charge in [-0.3, -0.25) is 4.79 Å². The van der Waals surface area contributed by atoms with Crippen molar-refractivity contribution in [1.82, 2.24) is 9.80 Å². The zero-order valence-electron chi connectivity index (χ0n) is 17.6. The van der Waals surface area contributed by atoms with Crippen LogP contribution in [-0.2, 0) is 0 Å². The van der Waals surface area contributed by atoms with Crippen LogP contribution in [0.15, 0.2) is 36.4 Å². The Hall–Kier alpha value is -2.37. The van der Waals surface area contributed by atoms with E-state index in [1.807, 2.05) is 36.4 Å². The van der Waals surface area contributed by atoms with Gasteiger partial charge in [0.2, 0.25) is 0 Å². The monoisotopic (exact) mass is 406 g/mol. The van der Waals surface area contributed by atoms with Gasteiger partial charge in [0, 0.05) is 24.2 Å². The smallest absolute Gasteiger partial charge is 0.194 e. The first-order valence-electron chi connectivity index (χ1n) is 11.3. The molecule has 5 heteroatoms. The van der Waals surface area contributed by atoms with E-state index >= 15 is 0 Å². The van der Waals surface area contributed by atoms with Crippen LogP contribution in [0, 0.1) is 0 Å². The van der Waals surface area contributed by atoms with Crippen LogP contribution in [0.1, 0.15) is 41.6 Å². The average Bonchev–Trinajstić information content (AvgIpc) is 2.96. The zero-order chi connectivity index (χ0) is 20.3. The van der Waals surface area contributed by atoms with Crippen molar-refractivity contribution < 1.29 is 14.3 Å². The van der Waals surface area contributed by atoms with Crippen molar-refractivity contribution in [2.24, 2.45) is 0 Å². The number of benzene rings is 2. The van der Waals surface area contributed by atoms with Crippen LogP contribution < -0.4 is 9.47 Å². The molecule has 2 fully saturated rings. The van der Waals surface area contributed by atoms with Crippen LogP contribution in [0.25, 0.3) is 11.1 Å². The normalized spacial score (nSPS) is 17.8. The molecule has 2 aliphatic heterocycles. The molecular formula is C25H30N2O3. The molecule has 5 rings (SSSR count). The highest BCUT2D eigenvalue weighted by Gasteiger charge is 2.27. The van der Waals surface area contributed by atoms with Crippen LogP contribution >= 0.6 is 0 Å². The van der Waals surface area contributed by atoms with E-state index in [4.69, 9.17) is 9.47 Å². The number of nitrogens with zero attached hydrogens (tertiary/aromatic N) is 2. The zero-order valence-corrected chi connectivity index (χ0v) is 17.6. The minimum Gasteiger partial charge on any atom is -0.494 e. The summed E-state index contributed by atoms with van der Waals surface area (Å²) in [5, 5.41) is 0. The fraction of sp³-hybridized carbons (Fsp3) is 0.480. The van der Waals surface area contributed by atoms with Crippen molar-refractivity contribution >= 4 is 5.78 Å². The third-order valence-electron chi connectivity index (χ3n) is 6.43. The molecule has 2 heterocycles. The number of hydrogen-bond acceptors (Lipinski definition) is 5. The lowest BCUT2D eigenvalue weighted by Gasteiger charge is -2.30. The van der Waals surface area contributed by atoms with Crippen LogP contribution in [-0.4, -0.2) is 68.1 Å². The number of ether oxygens (including phenoxy) is 2. The minimum absolute atomic E-state index is 0.0790. The molecule has 0 radical (unpaired) electrons. The van der Waals surface area contributed by atoms with E-state index in [2.05, 4.69) is 9.80 Å². The van der Waals surface area contributed by atoms with Gasteiger partial charge in [0.1, 0.15) is 11.5 Å². The second-order valence-corrected chi connectivity index (χ2v) is 8.54. The summed E-state index contributed by atoms with van der Waals surface area (Å²) in [6, 6.07) is 11.7. The van der Waals surface area contributed by atoms with Crippen LogP contribution in [0.5, 0.6) is 11.5 Å². The Bertz CT molecular complexity index is 919. The van der Waals surface area contributed by atoms with E-state index in [0.717, 1.165) is 59.7 Å². The molecule has 158 valence electrons. The summed E-state index contributed by atoms with van der Waals surface area (Å²) in [6.45, 7) is 8.48. The largest absolute Gasteiger partial charge is 0.494 e. The van der Waals surface area contributed by atoms with Gasteiger partial charge in [-0.25, -0.2) is 0 Å². The lowest BCUT2D eigenvalue weighted by Crippen LogP contribution is -2.38. The van der Waals surface area contributed by atoms with E-state index < -0.39 is 0 Å². The number of hydrogen-bond donors (Lipinski definition) is 0. The average molecular weight is 407 g/mol. The van der Waals surface area contributed by atoms with Gasteiger partial charge in [0.15, 0.2) is 5.78 Å². The number of fused-ring (bicyclic) bond motifs is 3. The predicted molar refractivity (Wildman–Crippen MR) is 118 cm³/mol. The van der Waals surface area contributed by atoms with Gasteiger partial charge in [-0.2, -0.15) is 0 Å². The van der Waals surface area contributed by atoms with Gasteiger partial charge in [0.05, 0.1) is 13.2 Å².